The van der Waals surface area contributed by atoms with Gasteiger partial charge < -0.3 is 9.64 Å². The quantitative estimate of drug-likeness (QED) is 0.703. The lowest BCUT2D eigenvalue weighted by Gasteiger charge is -2.22. The third-order valence-electron chi connectivity index (χ3n) is 2.49. The maximum atomic E-state index is 12.2. The van der Waals surface area contributed by atoms with Crippen molar-refractivity contribution in [2.75, 3.05) is 25.0 Å². The number of carbonyl (C=O) groups excluding carboxylic acids is 1. The zero-order valence-electron chi connectivity index (χ0n) is 9.00. The summed E-state index contributed by atoms with van der Waals surface area (Å²) in [6.45, 7) is 0.498. The molecule has 6 heteroatoms. The van der Waals surface area contributed by atoms with Crippen molar-refractivity contribution < 1.29 is 18.3 Å². The number of amides is 1. The molecule has 94 valence electrons. The van der Waals surface area contributed by atoms with Gasteiger partial charge in [-0.3, -0.25) is 4.79 Å². The molecule has 1 saturated heterocycles. The molecule has 1 rings (SSSR count). The Balaban J connectivity index is 2.39. The van der Waals surface area contributed by atoms with Gasteiger partial charge >= 0.3 is 0 Å². The molecule has 0 radical (unpaired) electrons. The van der Waals surface area contributed by atoms with Crippen LogP contribution in [0.3, 0.4) is 0 Å². The summed E-state index contributed by atoms with van der Waals surface area (Å²) < 4.78 is 29.8. The first-order valence-electron chi connectivity index (χ1n) is 5.37. The number of rotatable bonds is 6. The van der Waals surface area contributed by atoms with Gasteiger partial charge in [-0.15, -0.1) is 0 Å². The van der Waals surface area contributed by atoms with E-state index in [1.165, 1.54) is 4.90 Å². The van der Waals surface area contributed by atoms with Crippen molar-refractivity contribution in [3.05, 3.63) is 0 Å². The highest BCUT2D eigenvalue weighted by atomic mass is 79.9. The van der Waals surface area contributed by atoms with Crippen molar-refractivity contribution in [2.24, 2.45) is 0 Å². The Morgan fingerprint density at radius 2 is 2.31 bits per heavy atom. The lowest BCUT2D eigenvalue weighted by Crippen LogP contribution is -2.38. The summed E-state index contributed by atoms with van der Waals surface area (Å²) in [6.07, 6.45) is -0.538. The van der Waals surface area contributed by atoms with E-state index in [4.69, 9.17) is 4.74 Å². The van der Waals surface area contributed by atoms with Crippen LogP contribution in [-0.2, 0) is 9.53 Å². The van der Waals surface area contributed by atoms with Crippen molar-refractivity contribution in [3.8, 4) is 0 Å². The zero-order chi connectivity index (χ0) is 12.0. The van der Waals surface area contributed by atoms with Crippen LogP contribution in [0.4, 0.5) is 8.78 Å². The minimum absolute atomic E-state index is 0.0806. The fourth-order valence-electron chi connectivity index (χ4n) is 1.72. The molecule has 1 heterocycles. The van der Waals surface area contributed by atoms with Crippen LogP contribution in [0.2, 0.25) is 0 Å². The van der Waals surface area contributed by atoms with Crippen molar-refractivity contribution in [1.82, 2.24) is 4.90 Å². The third kappa shape index (κ3) is 4.74. The second-order valence-corrected chi connectivity index (χ2v) is 4.55. The Labute approximate surface area is 102 Å². The SMILES string of the molecule is O=C(CC1CCCO1)N(CCBr)CC(F)F. The van der Waals surface area contributed by atoms with Gasteiger partial charge in [0.2, 0.25) is 5.91 Å². The molecule has 0 aromatic carbocycles. The molecular formula is C10H16BrF2NO2. The van der Waals surface area contributed by atoms with Gasteiger partial charge in [0.05, 0.1) is 19.1 Å². The van der Waals surface area contributed by atoms with E-state index in [0.717, 1.165) is 12.8 Å². The largest absolute Gasteiger partial charge is 0.378 e. The van der Waals surface area contributed by atoms with Gasteiger partial charge in [0.15, 0.2) is 0 Å². The van der Waals surface area contributed by atoms with Crippen LogP contribution in [0, 0.1) is 0 Å². The maximum Gasteiger partial charge on any atom is 0.255 e. The number of alkyl halides is 3. The minimum Gasteiger partial charge on any atom is -0.378 e. The van der Waals surface area contributed by atoms with E-state index in [2.05, 4.69) is 15.9 Å². The average molecular weight is 300 g/mol. The highest BCUT2D eigenvalue weighted by Crippen LogP contribution is 2.16. The van der Waals surface area contributed by atoms with Crippen LogP contribution in [0.15, 0.2) is 0 Å². The predicted molar refractivity (Wildman–Crippen MR) is 60.0 cm³/mol. The van der Waals surface area contributed by atoms with E-state index in [1.54, 1.807) is 0 Å². The summed E-state index contributed by atoms with van der Waals surface area (Å²) in [6, 6.07) is 0. The van der Waals surface area contributed by atoms with Crippen LogP contribution in [0.5, 0.6) is 0 Å². The van der Waals surface area contributed by atoms with Gasteiger partial charge in [0.1, 0.15) is 0 Å². The summed E-state index contributed by atoms with van der Waals surface area (Å²) in [5.74, 6) is -0.244. The van der Waals surface area contributed by atoms with Crippen LogP contribution in [-0.4, -0.2) is 48.4 Å². The van der Waals surface area contributed by atoms with Gasteiger partial charge in [-0.25, -0.2) is 8.78 Å². The van der Waals surface area contributed by atoms with E-state index in [0.29, 0.717) is 18.5 Å². The van der Waals surface area contributed by atoms with Gasteiger partial charge in [0.25, 0.3) is 6.43 Å². The fourth-order valence-corrected chi connectivity index (χ4v) is 2.14. The number of carbonyl (C=O) groups is 1. The molecule has 0 aromatic heterocycles. The average Bonchev–Trinajstić information content (AvgIpc) is 2.69. The maximum absolute atomic E-state index is 12.2. The van der Waals surface area contributed by atoms with Crippen LogP contribution < -0.4 is 0 Å². The molecule has 1 aliphatic rings. The monoisotopic (exact) mass is 299 g/mol. The smallest absolute Gasteiger partial charge is 0.255 e. The normalized spacial score (nSPS) is 20.4. The molecule has 1 atom stereocenters. The molecule has 0 N–H and O–H groups in total. The molecule has 0 saturated carbocycles. The summed E-state index contributed by atoms with van der Waals surface area (Å²) in [4.78, 5) is 12.9. The minimum atomic E-state index is -2.48. The molecule has 0 aliphatic carbocycles. The van der Waals surface area contributed by atoms with Gasteiger partial charge in [-0.1, -0.05) is 15.9 Å². The Morgan fingerprint density at radius 3 is 2.81 bits per heavy atom. The summed E-state index contributed by atoms with van der Waals surface area (Å²) in [7, 11) is 0. The molecule has 1 aliphatic heterocycles. The van der Waals surface area contributed by atoms with Crippen LogP contribution >= 0.6 is 15.9 Å². The molecule has 1 unspecified atom stereocenters. The van der Waals surface area contributed by atoms with E-state index in [9.17, 15) is 13.6 Å². The summed E-state index contributed by atoms with van der Waals surface area (Å²) in [5.41, 5.74) is 0. The molecular weight excluding hydrogens is 284 g/mol. The first-order valence-corrected chi connectivity index (χ1v) is 6.49. The molecule has 3 nitrogen and oxygen atoms in total. The van der Waals surface area contributed by atoms with E-state index in [-0.39, 0.29) is 18.4 Å². The summed E-state index contributed by atoms with van der Waals surface area (Å²) in [5, 5.41) is 0.511. The topological polar surface area (TPSA) is 29.5 Å². The lowest BCUT2D eigenvalue weighted by atomic mass is 10.1. The van der Waals surface area contributed by atoms with Crippen molar-refractivity contribution >= 4 is 21.8 Å². The Morgan fingerprint density at radius 1 is 1.56 bits per heavy atom. The number of hydrogen-bond donors (Lipinski definition) is 0. The van der Waals surface area contributed by atoms with Crippen LogP contribution in [0.25, 0.3) is 0 Å². The molecule has 0 spiro atoms. The Bertz CT molecular complexity index is 223. The van der Waals surface area contributed by atoms with Crippen molar-refractivity contribution in [2.45, 2.75) is 31.8 Å². The van der Waals surface area contributed by atoms with Gasteiger partial charge in [-0.2, -0.15) is 0 Å². The molecule has 1 amide bonds. The molecule has 0 aromatic rings. The second kappa shape index (κ2) is 7.17. The number of halogens is 3. The standard InChI is InChI=1S/C10H16BrF2NO2/c11-3-4-14(7-9(12)13)10(15)6-8-2-1-5-16-8/h8-9H,1-7H2. The second-order valence-electron chi connectivity index (χ2n) is 3.76. The number of ether oxygens (including phenoxy) is 1. The predicted octanol–water partition coefficient (Wildman–Crippen LogP) is 2.04. The lowest BCUT2D eigenvalue weighted by molar-refractivity contribution is -0.135. The van der Waals surface area contributed by atoms with Crippen molar-refractivity contribution in [1.29, 1.82) is 0 Å². The van der Waals surface area contributed by atoms with E-state index >= 15 is 0 Å². The van der Waals surface area contributed by atoms with Crippen molar-refractivity contribution in [3.63, 3.8) is 0 Å². The fraction of sp³-hybridized carbons (Fsp3) is 0.900. The van der Waals surface area contributed by atoms with E-state index in [1.807, 2.05) is 0 Å². The number of hydrogen-bond acceptors (Lipinski definition) is 2. The number of nitrogens with zero attached hydrogens (tertiary/aromatic N) is 1. The highest BCUT2D eigenvalue weighted by molar-refractivity contribution is 9.09. The summed E-state index contributed by atoms with van der Waals surface area (Å²) >= 11 is 3.15. The third-order valence-corrected chi connectivity index (χ3v) is 2.85. The van der Waals surface area contributed by atoms with Crippen LogP contribution in [0.1, 0.15) is 19.3 Å². The van der Waals surface area contributed by atoms with Gasteiger partial charge in [0, 0.05) is 18.5 Å². The Hall–Kier alpha value is -0.230. The first-order chi connectivity index (χ1) is 7.63. The first kappa shape index (κ1) is 13.8. The van der Waals surface area contributed by atoms with Gasteiger partial charge in [-0.05, 0) is 12.8 Å². The highest BCUT2D eigenvalue weighted by Gasteiger charge is 2.24. The molecule has 1 fully saturated rings. The Kier molecular flexibility index (Phi) is 6.20. The molecule has 0 bridgehead atoms. The van der Waals surface area contributed by atoms with E-state index < -0.39 is 13.0 Å². The zero-order valence-corrected chi connectivity index (χ0v) is 10.6. The molecule has 16 heavy (non-hydrogen) atoms.